The summed E-state index contributed by atoms with van der Waals surface area (Å²) in [5.74, 6) is -1.80. The zero-order chi connectivity index (χ0) is 6.78. The molecule has 0 aliphatic heterocycles. The average Bonchev–Trinajstić information content (AvgIpc) is 1.21. The van der Waals surface area contributed by atoms with E-state index in [1.807, 2.05) is 0 Å². The van der Waals surface area contributed by atoms with Crippen molar-refractivity contribution in [3.8, 4) is 0 Å². The molecule has 1 N–H and O–H groups in total. The first-order valence-electron chi connectivity index (χ1n) is 2.34. The van der Waals surface area contributed by atoms with Crippen molar-refractivity contribution in [2.75, 3.05) is 0 Å². The molecule has 0 rings (SSSR count). The predicted molar refractivity (Wildman–Crippen MR) is 28.1 cm³/mol. The number of esters is 1. The first kappa shape index (κ1) is 7.43. The molecule has 0 unspecified atom stereocenters. The third-order valence-corrected chi connectivity index (χ3v) is 0.393. The van der Waals surface area contributed by atoms with Crippen LogP contribution in [0.25, 0.3) is 0 Å². The summed E-state index contributed by atoms with van der Waals surface area (Å²) in [5.41, 5.74) is 0. The van der Waals surface area contributed by atoms with Gasteiger partial charge in [-0.15, -0.1) is 0 Å². The number of carbonyl (C=O) groups is 1. The third-order valence-electron chi connectivity index (χ3n) is 0.393. The van der Waals surface area contributed by atoms with E-state index in [0.29, 0.717) is 0 Å². The van der Waals surface area contributed by atoms with Crippen LogP contribution in [0.3, 0.4) is 0 Å². The molecule has 0 fully saturated rings. The Bertz CT molecular complexity index is 90.3. The molecule has 0 aromatic carbocycles. The molecule has 0 aromatic rings. The topological polar surface area (TPSA) is 46.5 Å². The van der Waals surface area contributed by atoms with E-state index in [1.54, 1.807) is 0 Å². The molecule has 0 heterocycles. The van der Waals surface area contributed by atoms with Crippen LogP contribution >= 0.6 is 0 Å². The fraction of sp³-hybridized carbons (Fsp3) is 0.800. The normalized spacial score (nSPS) is 11.0. The fourth-order valence-corrected chi connectivity index (χ4v) is 0.352. The molecular weight excluding hydrogens is 108 g/mol. The van der Waals surface area contributed by atoms with Crippen molar-refractivity contribution in [3.63, 3.8) is 0 Å². The minimum Gasteiger partial charge on any atom is -0.434 e. The number of aliphatic hydroxyl groups is 1. The van der Waals surface area contributed by atoms with Crippen LogP contribution in [-0.4, -0.2) is 16.9 Å². The zero-order valence-corrected chi connectivity index (χ0v) is 5.26. The summed E-state index contributed by atoms with van der Waals surface area (Å²) in [6.07, 6.45) is 0. The standard InChI is InChI=1S/C5H10O3/c1-4(6)8-5(2,3)7/h7H,1-3H3. The van der Waals surface area contributed by atoms with Gasteiger partial charge in [-0.05, 0) is 0 Å². The number of hydrogen-bond acceptors (Lipinski definition) is 3. The van der Waals surface area contributed by atoms with Gasteiger partial charge in [0, 0.05) is 20.8 Å². The number of carbonyl (C=O) groups excluding carboxylic acids is 1. The van der Waals surface area contributed by atoms with E-state index in [1.165, 1.54) is 20.8 Å². The van der Waals surface area contributed by atoms with Crippen LogP contribution in [0.2, 0.25) is 0 Å². The van der Waals surface area contributed by atoms with Crippen LogP contribution < -0.4 is 0 Å². The Morgan fingerprint density at radius 2 is 2.00 bits per heavy atom. The van der Waals surface area contributed by atoms with Crippen molar-refractivity contribution in [2.24, 2.45) is 0 Å². The molecule has 8 heavy (non-hydrogen) atoms. The molecule has 0 saturated carbocycles. The fourth-order valence-electron chi connectivity index (χ4n) is 0.352. The van der Waals surface area contributed by atoms with Gasteiger partial charge in [-0.25, -0.2) is 0 Å². The Morgan fingerprint density at radius 3 is 2.00 bits per heavy atom. The minimum absolute atomic E-state index is 0.475. The van der Waals surface area contributed by atoms with Crippen molar-refractivity contribution in [3.05, 3.63) is 0 Å². The summed E-state index contributed by atoms with van der Waals surface area (Å²) in [5, 5.41) is 8.75. The lowest BCUT2D eigenvalue weighted by Crippen LogP contribution is -2.25. The zero-order valence-electron chi connectivity index (χ0n) is 5.26. The average molecular weight is 118 g/mol. The van der Waals surface area contributed by atoms with Gasteiger partial charge in [0.2, 0.25) is 5.79 Å². The van der Waals surface area contributed by atoms with Crippen LogP contribution in [0.1, 0.15) is 20.8 Å². The minimum atomic E-state index is -1.33. The first-order valence-corrected chi connectivity index (χ1v) is 2.34. The maximum Gasteiger partial charge on any atom is 0.305 e. The molecule has 0 amide bonds. The van der Waals surface area contributed by atoms with Gasteiger partial charge >= 0.3 is 5.97 Å². The van der Waals surface area contributed by atoms with Gasteiger partial charge in [0.25, 0.3) is 0 Å². The highest BCUT2D eigenvalue weighted by Crippen LogP contribution is 2.01. The van der Waals surface area contributed by atoms with Gasteiger partial charge in [-0.1, -0.05) is 0 Å². The smallest absolute Gasteiger partial charge is 0.305 e. The van der Waals surface area contributed by atoms with Crippen LogP contribution in [0.4, 0.5) is 0 Å². The second kappa shape index (κ2) is 2.13. The summed E-state index contributed by atoms with van der Waals surface area (Å²) >= 11 is 0. The highest BCUT2D eigenvalue weighted by atomic mass is 16.7. The molecule has 3 heteroatoms. The van der Waals surface area contributed by atoms with E-state index < -0.39 is 11.8 Å². The van der Waals surface area contributed by atoms with E-state index in [9.17, 15) is 4.79 Å². The second-order valence-electron chi connectivity index (χ2n) is 2.04. The summed E-state index contributed by atoms with van der Waals surface area (Å²) in [7, 11) is 0. The van der Waals surface area contributed by atoms with Gasteiger partial charge in [0.05, 0.1) is 0 Å². The maximum atomic E-state index is 10.1. The van der Waals surface area contributed by atoms with Gasteiger partial charge in [-0.3, -0.25) is 4.79 Å². The van der Waals surface area contributed by atoms with Crippen molar-refractivity contribution < 1.29 is 14.6 Å². The Morgan fingerprint density at radius 1 is 1.62 bits per heavy atom. The molecule has 0 saturated heterocycles. The first-order chi connectivity index (χ1) is 3.42. The maximum absolute atomic E-state index is 10.1. The lowest BCUT2D eigenvalue weighted by atomic mass is 10.4. The summed E-state index contributed by atoms with van der Waals surface area (Å²) in [6, 6.07) is 0. The van der Waals surface area contributed by atoms with Crippen molar-refractivity contribution in [2.45, 2.75) is 26.6 Å². The number of rotatable bonds is 1. The van der Waals surface area contributed by atoms with E-state index in [2.05, 4.69) is 4.74 Å². The Labute approximate surface area is 48.3 Å². The molecule has 0 aliphatic carbocycles. The quantitative estimate of drug-likeness (QED) is 0.397. The Balaban J connectivity index is 3.55. The monoisotopic (exact) mass is 118 g/mol. The lowest BCUT2D eigenvalue weighted by molar-refractivity contribution is -0.192. The summed E-state index contributed by atoms with van der Waals surface area (Å²) in [6.45, 7) is 4.04. The second-order valence-corrected chi connectivity index (χ2v) is 2.04. The number of hydrogen-bond donors (Lipinski definition) is 1. The van der Waals surface area contributed by atoms with Gasteiger partial charge in [-0.2, -0.15) is 0 Å². The largest absolute Gasteiger partial charge is 0.434 e. The predicted octanol–water partition coefficient (Wildman–Crippen LogP) is 0.278. The summed E-state index contributed by atoms with van der Waals surface area (Å²) < 4.78 is 4.35. The molecule has 3 nitrogen and oxygen atoms in total. The SMILES string of the molecule is CC(=O)OC(C)(C)O. The van der Waals surface area contributed by atoms with Crippen LogP contribution in [0.5, 0.6) is 0 Å². The molecule has 48 valence electrons. The van der Waals surface area contributed by atoms with E-state index >= 15 is 0 Å². The number of ether oxygens (including phenoxy) is 1. The van der Waals surface area contributed by atoms with Crippen LogP contribution in [0, 0.1) is 0 Å². The Kier molecular flexibility index (Phi) is 1.98. The molecule has 0 bridgehead atoms. The van der Waals surface area contributed by atoms with Crippen molar-refractivity contribution in [1.29, 1.82) is 0 Å². The highest BCUT2D eigenvalue weighted by molar-refractivity contribution is 5.66. The molecule has 0 aromatic heterocycles. The van der Waals surface area contributed by atoms with Gasteiger partial charge in [0.1, 0.15) is 0 Å². The van der Waals surface area contributed by atoms with Gasteiger partial charge in [0.15, 0.2) is 0 Å². The van der Waals surface area contributed by atoms with E-state index in [-0.39, 0.29) is 0 Å². The molecule has 0 aliphatic rings. The van der Waals surface area contributed by atoms with Crippen molar-refractivity contribution >= 4 is 5.97 Å². The van der Waals surface area contributed by atoms with E-state index in [0.717, 1.165) is 0 Å². The third kappa shape index (κ3) is 5.43. The Hall–Kier alpha value is -0.570. The molecule has 0 radical (unpaired) electrons. The lowest BCUT2D eigenvalue weighted by Gasteiger charge is -2.15. The van der Waals surface area contributed by atoms with Gasteiger partial charge < -0.3 is 9.84 Å². The highest BCUT2D eigenvalue weighted by Gasteiger charge is 2.14. The van der Waals surface area contributed by atoms with Crippen molar-refractivity contribution in [1.82, 2.24) is 0 Å². The molecular formula is C5H10O3. The van der Waals surface area contributed by atoms with E-state index in [4.69, 9.17) is 5.11 Å². The van der Waals surface area contributed by atoms with Crippen LogP contribution in [0.15, 0.2) is 0 Å². The summed E-state index contributed by atoms with van der Waals surface area (Å²) in [4.78, 5) is 10.1. The molecule has 0 spiro atoms. The molecule has 0 atom stereocenters. The van der Waals surface area contributed by atoms with Crippen LogP contribution in [-0.2, 0) is 9.53 Å².